The van der Waals surface area contributed by atoms with Gasteiger partial charge >= 0.3 is 12.4 Å². The molecule has 0 saturated carbocycles. The van der Waals surface area contributed by atoms with Crippen molar-refractivity contribution in [3.8, 4) is 29.1 Å². The van der Waals surface area contributed by atoms with Crippen LogP contribution in [-0.2, 0) is 12.4 Å². The van der Waals surface area contributed by atoms with Crippen LogP contribution in [-0.4, -0.2) is 23.3 Å². The molecule has 0 aliphatic rings. The molecule has 17 rings (SSSR count). The molecule has 0 radical (unpaired) electrons. The van der Waals surface area contributed by atoms with Crippen LogP contribution < -0.4 is 0 Å². The van der Waals surface area contributed by atoms with E-state index < -0.39 is 23.5 Å². The summed E-state index contributed by atoms with van der Waals surface area (Å²) in [5.74, 6) is 0.152. The Balaban J connectivity index is 1.19. The maximum Gasteiger partial charge on any atom is 0.416 e. The van der Waals surface area contributed by atoms with Gasteiger partial charge < -0.3 is 9.13 Å². The molecular formula is C68H34F6N6S2. The number of fused-ring (bicyclic) bond motifs is 20. The quantitative estimate of drug-likeness (QED) is 0.165. The Bertz CT molecular complexity index is 5380. The van der Waals surface area contributed by atoms with Gasteiger partial charge in [-0.3, -0.25) is 9.13 Å². The van der Waals surface area contributed by atoms with Crippen molar-refractivity contribution in [2.45, 2.75) is 12.4 Å². The lowest BCUT2D eigenvalue weighted by molar-refractivity contribution is -0.138. The summed E-state index contributed by atoms with van der Waals surface area (Å²) in [7, 11) is 0. The van der Waals surface area contributed by atoms with E-state index in [1.54, 1.807) is 31.8 Å². The minimum atomic E-state index is -4.76. The third-order valence-corrected chi connectivity index (χ3v) is 18.8. The highest BCUT2D eigenvalue weighted by atomic mass is 32.1. The van der Waals surface area contributed by atoms with E-state index in [1.807, 2.05) is 121 Å². The average molecular weight is 1110 g/mol. The molecule has 7 heterocycles. The molecule has 6 nitrogen and oxygen atoms in total. The van der Waals surface area contributed by atoms with Crippen LogP contribution in [0.5, 0.6) is 0 Å². The number of aromatic nitrogens is 5. The summed E-state index contributed by atoms with van der Waals surface area (Å²) >= 11 is 3.20. The van der Waals surface area contributed by atoms with Crippen LogP contribution in [0.3, 0.4) is 0 Å². The molecule has 82 heavy (non-hydrogen) atoms. The van der Waals surface area contributed by atoms with Crippen LogP contribution in [0.1, 0.15) is 16.7 Å². The lowest BCUT2D eigenvalue weighted by atomic mass is 10.1. The standard InChI is InChI=1S/C68H34F6N6S2/c69-67(70,71)36-25-27-42-38-13-1-7-19-51(38)77(55(42)33-36)65-61(79-53-21-9-3-15-40(53)46-29-31-48-44-17-5-11-23-57(44)81-63(48)59(46)79)50(35-75)62(66(76-65)78-52-20-8-2-14-39(52)43-28-26-37(34-56(43)78)68(72,73)74)80-54-22-10-4-16-41(54)47-30-32-49-45-18-6-12-24-58(45)82-64(49)60(47)80/h1-34H. The fourth-order valence-corrected chi connectivity index (χ4v) is 15.5. The third-order valence-electron chi connectivity index (χ3n) is 16.5. The molecule has 0 N–H and O–H groups in total. The van der Waals surface area contributed by atoms with E-state index in [1.165, 1.54) is 12.1 Å². The van der Waals surface area contributed by atoms with E-state index in [2.05, 4.69) is 63.7 Å². The van der Waals surface area contributed by atoms with Gasteiger partial charge in [0.25, 0.3) is 0 Å². The lowest BCUT2D eigenvalue weighted by Crippen LogP contribution is -2.17. The van der Waals surface area contributed by atoms with E-state index in [0.717, 1.165) is 97.2 Å². The van der Waals surface area contributed by atoms with Crippen molar-refractivity contribution in [3.63, 3.8) is 0 Å². The summed E-state index contributed by atoms with van der Waals surface area (Å²) in [5, 5.41) is 22.5. The van der Waals surface area contributed by atoms with Crippen molar-refractivity contribution in [1.29, 1.82) is 5.26 Å². The highest BCUT2D eigenvalue weighted by Gasteiger charge is 2.36. The van der Waals surface area contributed by atoms with Gasteiger partial charge in [-0.15, -0.1) is 22.7 Å². The van der Waals surface area contributed by atoms with Crippen LogP contribution in [0.4, 0.5) is 26.3 Å². The number of pyridine rings is 1. The number of para-hydroxylation sites is 4. The second-order valence-corrected chi connectivity index (χ2v) is 22.8. The number of nitrogens with zero attached hydrogens (tertiary/aromatic N) is 6. The first-order valence-electron chi connectivity index (χ1n) is 26.3. The molecule has 0 aliphatic heterocycles. The van der Waals surface area contributed by atoms with Gasteiger partial charge in [0.15, 0.2) is 11.6 Å². The summed E-state index contributed by atoms with van der Waals surface area (Å²) < 4.78 is 103. The van der Waals surface area contributed by atoms with Crippen molar-refractivity contribution in [2.75, 3.05) is 0 Å². The zero-order valence-electron chi connectivity index (χ0n) is 42.4. The van der Waals surface area contributed by atoms with Crippen molar-refractivity contribution < 1.29 is 26.3 Å². The Kier molecular flexibility index (Phi) is 9.49. The van der Waals surface area contributed by atoms with Crippen molar-refractivity contribution in [3.05, 3.63) is 223 Å². The maximum atomic E-state index is 15.3. The number of benzene rings is 10. The highest BCUT2D eigenvalue weighted by Crippen LogP contribution is 2.50. The first-order valence-corrected chi connectivity index (χ1v) is 27.9. The van der Waals surface area contributed by atoms with Gasteiger partial charge in [-0.1, -0.05) is 146 Å². The molecule has 0 bridgehead atoms. The van der Waals surface area contributed by atoms with Crippen LogP contribution in [0.15, 0.2) is 206 Å². The van der Waals surface area contributed by atoms with E-state index in [-0.39, 0.29) is 39.6 Å². The van der Waals surface area contributed by atoms with Crippen molar-refractivity contribution >= 4 is 150 Å². The van der Waals surface area contributed by atoms with Gasteiger partial charge in [-0.25, -0.2) is 4.98 Å². The second kappa shape index (κ2) is 16.6. The van der Waals surface area contributed by atoms with Gasteiger partial charge in [0.2, 0.25) is 0 Å². The van der Waals surface area contributed by atoms with E-state index in [4.69, 9.17) is 4.98 Å². The Morgan fingerprint density at radius 2 is 0.659 bits per heavy atom. The third kappa shape index (κ3) is 6.31. The number of hydrogen-bond donors (Lipinski definition) is 0. The Morgan fingerprint density at radius 3 is 1.05 bits per heavy atom. The number of hydrogen-bond acceptors (Lipinski definition) is 4. The van der Waals surface area contributed by atoms with E-state index in [9.17, 15) is 5.26 Å². The largest absolute Gasteiger partial charge is 0.416 e. The van der Waals surface area contributed by atoms with Gasteiger partial charge in [-0.05, 0) is 60.7 Å². The Labute approximate surface area is 466 Å². The molecule has 0 unspecified atom stereocenters. The summed E-state index contributed by atoms with van der Waals surface area (Å²) in [6, 6.07) is 65.2. The molecule has 0 saturated heterocycles. The van der Waals surface area contributed by atoms with Crippen LogP contribution >= 0.6 is 22.7 Å². The fourth-order valence-electron chi connectivity index (χ4n) is 13.1. The molecule has 10 aromatic carbocycles. The number of rotatable bonds is 4. The molecule has 0 fully saturated rings. The highest BCUT2D eigenvalue weighted by molar-refractivity contribution is 7.27. The fraction of sp³-hybridized carbons (Fsp3) is 0.0294. The molecule has 7 aromatic heterocycles. The first kappa shape index (κ1) is 46.9. The predicted octanol–water partition coefficient (Wildman–Crippen LogP) is 20.1. The average Bonchev–Trinajstić information content (AvgIpc) is 3.30. The molecule has 0 amide bonds. The minimum absolute atomic E-state index is 0.0670. The summed E-state index contributed by atoms with van der Waals surface area (Å²) in [6.45, 7) is 0. The molecular weight excluding hydrogens is 1080 g/mol. The molecule has 0 spiro atoms. The Morgan fingerprint density at radius 1 is 0.341 bits per heavy atom. The van der Waals surface area contributed by atoms with Crippen LogP contribution in [0.25, 0.3) is 151 Å². The normalized spacial score (nSPS) is 12.7. The van der Waals surface area contributed by atoms with Gasteiger partial charge in [0, 0.05) is 74.0 Å². The van der Waals surface area contributed by atoms with E-state index >= 15 is 26.3 Å². The number of halogens is 6. The van der Waals surface area contributed by atoms with Gasteiger partial charge in [0.05, 0.1) is 64.7 Å². The zero-order chi connectivity index (χ0) is 55.1. The van der Waals surface area contributed by atoms with Gasteiger partial charge in [0.1, 0.15) is 23.0 Å². The summed E-state index contributed by atoms with van der Waals surface area (Å²) in [6.07, 6.45) is -9.52. The van der Waals surface area contributed by atoms with Crippen LogP contribution in [0.2, 0.25) is 0 Å². The summed E-state index contributed by atoms with van der Waals surface area (Å²) in [5.41, 5.74) is 2.96. The molecule has 0 aliphatic carbocycles. The number of alkyl halides is 6. The van der Waals surface area contributed by atoms with Gasteiger partial charge in [-0.2, -0.15) is 31.6 Å². The second-order valence-electron chi connectivity index (χ2n) is 20.7. The molecule has 390 valence electrons. The molecule has 17 aromatic rings. The first-order chi connectivity index (χ1) is 39.9. The lowest BCUT2D eigenvalue weighted by Gasteiger charge is -2.24. The zero-order valence-corrected chi connectivity index (χ0v) is 44.0. The van der Waals surface area contributed by atoms with E-state index in [0.29, 0.717) is 43.6 Å². The minimum Gasteiger partial charge on any atom is -0.303 e. The monoisotopic (exact) mass is 1110 g/mol. The molecule has 14 heteroatoms. The predicted molar refractivity (Wildman–Crippen MR) is 322 cm³/mol. The van der Waals surface area contributed by atoms with Crippen molar-refractivity contribution in [2.24, 2.45) is 0 Å². The smallest absolute Gasteiger partial charge is 0.303 e. The SMILES string of the molecule is N#Cc1c(-n2c3ccccc3c3ccc4c5ccccc5sc4c32)c(-n2c3ccccc3c3ccc(C(F)(F)F)cc32)nc(-n2c3ccccc3c3ccc(C(F)(F)F)cc32)c1-n1c2ccccc2c2ccc3c4ccccc4sc3c21. The van der Waals surface area contributed by atoms with Crippen LogP contribution in [0, 0.1) is 11.3 Å². The number of nitriles is 1. The number of thiophene rings is 2. The summed E-state index contributed by atoms with van der Waals surface area (Å²) in [4.78, 5) is 5.91. The molecule has 0 atom stereocenters. The maximum absolute atomic E-state index is 15.3. The topological polar surface area (TPSA) is 56.4 Å². The Hall–Kier alpha value is -9.94. The van der Waals surface area contributed by atoms with Crippen molar-refractivity contribution in [1.82, 2.24) is 23.3 Å².